The summed E-state index contributed by atoms with van der Waals surface area (Å²) in [5.74, 6) is -0.00318. The van der Waals surface area contributed by atoms with E-state index in [2.05, 4.69) is 24.1 Å². The molecular formula is C15H22ClN3O3S2. The van der Waals surface area contributed by atoms with E-state index in [1.807, 2.05) is 0 Å². The van der Waals surface area contributed by atoms with Crippen LogP contribution in [0.25, 0.3) is 0 Å². The first-order chi connectivity index (χ1) is 11.2. The zero-order valence-electron chi connectivity index (χ0n) is 13.8. The molecule has 0 radical (unpaired) electrons. The number of amides is 1. The van der Waals surface area contributed by atoms with Crippen molar-refractivity contribution in [1.29, 1.82) is 0 Å². The Morgan fingerprint density at radius 3 is 2.67 bits per heavy atom. The largest absolute Gasteiger partial charge is 0.348 e. The van der Waals surface area contributed by atoms with Crippen LogP contribution in [0.2, 0.25) is 4.34 Å². The molecule has 1 amide bonds. The molecule has 9 heteroatoms. The van der Waals surface area contributed by atoms with Crippen LogP contribution in [0.3, 0.4) is 0 Å². The van der Waals surface area contributed by atoms with Crippen LogP contribution in [0.5, 0.6) is 0 Å². The van der Waals surface area contributed by atoms with Crippen molar-refractivity contribution in [3.63, 3.8) is 0 Å². The summed E-state index contributed by atoms with van der Waals surface area (Å²) in [6.07, 6.45) is 1.08. The van der Waals surface area contributed by atoms with E-state index in [1.54, 1.807) is 12.1 Å². The minimum Gasteiger partial charge on any atom is -0.348 e. The van der Waals surface area contributed by atoms with Gasteiger partial charge in [-0.15, -0.1) is 11.3 Å². The fourth-order valence-corrected chi connectivity index (χ4v) is 6.55. The van der Waals surface area contributed by atoms with Crippen LogP contribution in [0.15, 0.2) is 16.3 Å². The number of halogens is 1. The van der Waals surface area contributed by atoms with E-state index in [0.717, 1.165) is 11.3 Å². The van der Waals surface area contributed by atoms with Crippen LogP contribution in [0.4, 0.5) is 0 Å². The van der Waals surface area contributed by atoms with E-state index in [4.69, 9.17) is 11.6 Å². The minimum absolute atomic E-state index is 0.00318. The highest BCUT2D eigenvalue weighted by atomic mass is 35.5. The molecule has 1 N–H and O–H groups in total. The van der Waals surface area contributed by atoms with Crippen molar-refractivity contribution >= 4 is 38.9 Å². The van der Waals surface area contributed by atoms with Crippen LogP contribution in [0, 0.1) is 0 Å². The number of nitrogens with zero attached hydrogens (tertiary/aromatic N) is 2. The average molecular weight is 392 g/mol. The molecule has 1 aromatic heterocycles. The molecular weight excluding hydrogens is 370 g/mol. The molecule has 0 aromatic carbocycles. The maximum atomic E-state index is 12.8. The Hall–Kier alpha value is -0.670. The Labute approximate surface area is 151 Å². The molecule has 2 saturated heterocycles. The van der Waals surface area contributed by atoms with Crippen molar-refractivity contribution in [1.82, 2.24) is 14.5 Å². The average Bonchev–Trinajstić information content (AvgIpc) is 3.06. The van der Waals surface area contributed by atoms with Crippen LogP contribution < -0.4 is 5.32 Å². The first-order valence-electron chi connectivity index (χ1n) is 8.02. The molecule has 2 aliphatic heterocycles. The number of carbonyl (C=O) groups excluding carboxylic acids is 1. The number of nitrogens with one attached hydrogen (secondary N) is 1. The Morgan fingerprint density at radius 2 is 2.04 bits per heavy atom. The topological polar surface area (TPSA) is 69.7 Å². The normalized spacial score (nSPS) is 26.9. The summed E-state index contributed by atoms with van der Waals surface area (Å²) in [7, 11) is -3.56. The first kappa shape index (κ1) is 18.1. The van der Waals surface area contributed by atoms with Crippen molar-refractivity contribution in [2.24, 2.45) is 0 Å². The molecule has 1 spiro atoms. The van der Waals surface area contributed by atoms with Crippen molar-refractivity contribution in [3.8, 4) is 0 Å². The predicted molar refractivity (Wildman–Crippen MR) is 94.9 cm³/mol. The van der Waals surface area contributed by atoms with Crippen molar-refractivity contribution in [3.05, 3.63) is 16.5 Å². The van der Waals surface area contributed by atoms with E-state index >= 15 is 0 Å². The van der Waals surface area contributed by atoms with Crippen LogP contribution >= 0.6 is 22.9 Å². The summed E-state index contributed by atoms with van der Waals surface area (Å²) < 4.78 is 27.8. The third-order valence-electron chi connectivity index (χ3n) is 4.73. The third-order valence-corrected chi connectivity index (χ3v) is 8.27. The van der Waals surface area contributed by atoms with Gasteiger partial charge < -0.3 is 5.32 Å². The summed E-state index contributed by atoms with van der Waals surface area (Å²) >= 11 is 6.95. The first-order valence-corrected chi connectivity index (χ1v) is 10.7. The monoisotopic (exact) mass is 391 g/mol. The lowest BCUT2D eigenvalue weighted by Crippen LogP contribution is -2.55. The van der Waals surface area contributed by atoms with Gasteiger partial charge in [-0.25, -0.2) is 8.42 Å². The van der Waals surface area contributed by atoms with E-state index in [1.165, 1.54) is 4.31 Å². The summed E-state index contributed by atoms with van der Waals surface area (Å²) in [6.45, 7) is 6.29. The SMILES string of the molecule is CC(C)N1CCC(=O)NC2(CCN(S(=O)(=O)c3ccc(Cl)s3)C2)C1. The molecule has 0 saturated carbocycles. The molecule has 1 atom stereocenters. The van der Waals surface area contributed by atoms with Gasteiger partial charge in [-0.3, -0.25) is 9.69 Å². The van der Waals surface area contributed by atoms with E-state index in [0.29, 0.717) is 49.4 Å². The summed E-state index contributed by atoms with van der Waals surface area (Å²) in [5.41, 5.74) is -0.508. The van der Waals surface area contributed by atoms with Gasteiger partial charge in [-0.2, -0.15) is 4.31 Å². The number of hydrogen-bond acceptors (Lipinski definition) is 5. The van der Waals surface area contributed by atoms with Crippen molar-refractivity contribution < 1.29 is 13.2 Å². The second-order valence-corrected chi connectivity index (χ2v) is 10.7. The zero-order valence-corrected chi connectivity index (χ0v) is 16.2. The molecule has 0 aliphatic carbocycles. The highest BCUT2D eigenvalue weighted by Crippen LogP contribution is 2.33. The standard InChI is InChI=1S/C15H22ClN3O3S2/c1-11(2)18-7-5-13(20)17-15(9-18)6-8-19(10-15)24(21,22)14-4-3-12(16)23-14/h3-4,11H,5-10H2,1-2H3,(H,17,20). The number of sulfonamides is 1. The van der Waals surface area contributed by atoms with Gasteiger partial charge in [0, 0.05) is 38.6 Å². The fraction of sp³-hybridized carbons (Fsp3) is 0.667. The van der Waals surface area contributed by atoms with Gasteiger partial charge in [-0.05, 0) is 32.4 Å². The predicted octanol–water partition coefficient (Wildman–Crippen LogP) is 1.77. The van der Waals surface area contributed by atoms with E-state index in [-0.39, 0.29) is 10.1 Å². The lowest BCUT2D eigenvalue weighted by atomic mass is 9.97. The van der Waals surface area contributed by atoms with Gasteiger partial charge >= 0.3 is 0 Å². The van der Waals surface area contributed by atoms with Crippen LogP contribution in [-0.4, -0.2) is 61.3 Å². The highest BCUT2D eigenvalue weighted by Gasteiger charge is 2.46. The highest BCUT2D eigenvalue weighted by molar-refractivity contribution is 7.91. The fourth-order valence-electron chi connectivity index (χ4n) is 3.39. The Morgan fingerprint density at radius 1 is 1.29 bits per heavy atom. The van der Waals surface area contributed by atoms with Gasteiger partial charge in [0.1, 0.15) is 4.21 Å². The molecule has 2 fully saturated rings. The second-order valence-electron chi connectivity index (χ2n) is 6.79. The van der Waals surface area contributed by atoms with Crippen LogP contribution in [0.1, 0.15) is 26.7 Å². The number of carbonyl (C=O) groups is 1. The maximum absolute atomic E-state index is 12.8. The third kappa shape index (κ3) is 3.48. The van der Waals surface area contributed by atoms with Gasteiger partial charge in [0.15, 0.2) is 0 Å². The molecule has 3 heterocycles. The molecule has 6 nitrogen and oxygen atoms in total. The summed E-state index contributed by atoms with van der Waals surface area (Å²) in [6, 6.07) is 3.45. The van der Waals surface area contributed by atoms with Crippen molar-refractivity contribution in [2.45, 2.75) is 42.5 Å². The van der Waals surface area contributed by atoms with Gasteiger partial charge in [0.2, 0.25) is 5.91 Å². The quantitative estimate of drug-likeness (QED) is 0.852. The van der Waals surface area contributed by atoms with Gasteiger partial charge in [-0.1, -0.05) is 11.6 Å². The zero-order chi connectivity index (χ0) is 17.5. The van der Waals surface area contributed by atoms with E-state index in [9.17, 15) is 13.2 Å². The van der Waals surface area contributed by atoms with Crippen molar-refractivity contribution in [2.75, 3.05) is 26.2 Å². The Bertz CT molecular complexity index is 734. The lowest BCUT2D eigenvalue weighted by molar-refractivity contribution is -0.122. The number of thiophene rings is 1. The molecule has 1 unspecified atom stereocenters. The maximum Gasteiger partial charge on any atom is 0.252 e. The van der Waals surface area contributed by atoms with E-state index < -0.39 is 15.6 Å². The second kappa shape index (κ2) is 6.57. The minimum atomic E-state index is -3.56. The Kier molecular flexibility index (Phi) is 4.96. The molecule has 1 aromatic rings. The molecule has 0 bridgehead atoms. The lowest BCUT2D eigenvalue weighted by Gasteiger charge is -2.34. The number of rotatable bonds is 3. The Balaban J connectivity index is 1.83. The molecule has 2 aliphatic rings. The van der Waals surface area contributed by atoms with Gasteiger partial charge in [0.25, 0.3) is 10.0 Å². The van der Waals surface area contributed by atoms with Crippen LogP contribution in [-0.2, 0) is 14.8 Å². The summed E-state index contributed by atoms with van der Waals surface area (Å²) in [5, 5.41) is 3.09. The smallest absolute Gasteiger partial charge is 0.252 e. The van der Waals surface area contributed by atoms with Gasteiger partial charge in [0.05, 0.1) is 9.88 Å². The molecule has 134 valence electrons. The molecule has 3 rings (SSSR count). The number of hydrogen-bond donors (Lipinski definition) is 1. The summed E-state index contributed by atoms with van der Waals surface area (Å²) in [4.78, 5) is 14.4. The molecule has 24 heavy (non-hydrogen) atoms.